The van der Waals surface area contributed by atoms with Gasteiger partial charge < -0.3 is 16.2 Å². The van der Waals surface area contributed by atoms with E-state index in [1.807, 2.05) is 0 Å². The second-order valence-electron chi connectivity index (χ2n) is 3.40. The van der Waals surface area contributed by atoms with Gasteiger partial charge in [0.25, 0.3) is 0 Å². The van der Waals surface area contributed by atoms with Gasteiger partial charge in [0, 0.05) is 12.5 Å². The van der Waals surface area contributed by atoms with Crippen molar-refractivity contribution in [3.05, 3.63) is 29.8 Å². The van der Waals surface area contributed by atoms with Gasteiger partial charge in [-0.3, -0.25) is 4.79 Å². The number of primary amides is 1. The molecule has 0 aliphatic heterocycles. The normalized spacial score (nSPS) is 13.2. The summed E-state index contributed by atoms with van der Waals surface area (Å²) in [7, 11) is 0. The molecule has 0 saturated carbocycles. The predicted octanol–water partition coefficient (Wildman–Crippen LogP) is 1.46. The minimum absolute atomic E-state index is 0.143. The van der Waals surface area contributed by atoms with Crippen molar-refractivity contribution in [1.29, 1.82) is 0 Å². The molecule has 1 aromatic rings. The van der Waals surface area contributed by atoms with Gasteiger partial charge in [-0.05, 0) is 17.7 Å². The summed E-state index contributed by atoms with van der Waals surface area (Å²) in [6.45, 7) is 0. The Morgan fingerprint density at radius 3 is 2.59 bits per heavy atom. The standard InChI is InChI=1S/C10H11F3N2O2/c11-10(12,13)17-7-3-1-2-6(4-7)8(14)5-9(15)16/h1-4,8H,5,14H2,(H2,15,16)/t8-/m0/s1. The highest BCUT2D eigenvalue weighted by molar-refractivity contribution is 5.74. The molecule has 0 bridgehead atoms. The fourth-order valence-electron chi connectivity index (χ4n) is 1.28. The van der Waals surface area contributed by atoms with Crippen molar-refractivity contribution >= 4 is 5.91 Å². The van der Waals surface area contributed by atoms with Gasteiger partial charge in [0.15, 0.2) is 0 Å². The Kier molecular flexibility index (Phi) is 3.95. The molecule has 0 saturated heterocycles. The highest BCUT2D eigenvalue weighted by atomic mass is 19.4. The van der Waals surface area contributed by atoms with E-state index in [0.29, 0.717) is 5.56 Å². The topological polar surface area (TPSA) is 78.3 Å². The summed E-state index contributed by atoms with van der Waals surface area (Å²) in [4.78, 5) is 10.6. The first-order chi connectivity index (χ1) is 7.78. The number of alkyl halides is 3. The number of amides is 1. The molecule has 0 aliphatic carbocycles. The van der Waals surface area contributed by atoms with Crippen LogP contribution in [0.15, 0.2) is 24.3 Å². The molecule has 1 amide bonds. The molecule has 4 N–H and O–H groups in total. The Labute approximate surface area is 95.3 Å². The summed E-state index contributed by atoms with van der Waals surface area (Å²) < 4.78 is 39.6. The van der Waals surface area contributed by atoms with E-state index >= 15 is 0 Å². The first-order valence-corrected chi connectivity index (χ1v) is 4.67. The summed E-state index contributed by atoms with van der Waals surface area (Å²) in [5.41, 5.74) is 10.9. The molecule has 0 fully saturated rings. The van der Waals surface area contributed by atoms with Gasteiger partial charge in [0.1, 0.15) is 5.75 Å². The molecule has 0 unspecified atom stereocenters. The molecule has 0 aromatic heterocycles. The molecule has 1 atom stereocenters. The summed E-state index contributed by atoms with van der Waals surface area (Å²) in [5.74, 6) is -1.01. The molecule has 1 aromatic carbocycles. The lowest BCUT2D eigenvalue weighted by Crippen LogP contribution is -2.21. The minimum atomic E-state index is -4.76. The van der Waals surface area contributed by atoms with Crippen LogP contribution in [0.25, 0.3) is 0 Å². The van der Waals surface area contributed by atoms with Crippen molar-refractivity contribution in [2.75, 3.05) is 0 Å². The van der Waals surface area contributed by atoms with E-state index < -0.39 is 18.3 Å². The lowest BCUT2D eigenvalue weighted by atomic mass is 10.0. The maximum atomic E-state index is 12.0. The largest absolute Gasteiger partial charge is 0.573 e. The SMILES string of the molecule is NC(=O)C[C@H](N)c1cccc(OC(F)(F)F)c1. The second-order valence-corrected chi connectivity index (χ2v) is 3.40. The molecule has 0 heterocycles. The van der Waals surface area contributed by atoms with Crippen LogP contribution in [-0.4, -0.2) is 12.3 Å². The van der Waals surface area contributed by atoms with Crippen LogP contribution in [0.1, 0.15) is 18.0 Å². The molecule has 0 aliphatic rings. The molecular formula is C10H11F3N2O2. The minimum Gasteiger partial charge on any atom is -0.406 e. The lowest BCUT2D eigenvalue weighted by Gasteiger charge is -2.13. The number of carbonyl (C=O) groups excluding carboxylic acids is 1. The number of halogens is 3. The van der Waals surface area contributed by atoms with E-state index in [1.54, 1.807) is 0 Å². The molecule has 17 heavy (non-hydrogen) atoms. The number of hydrogen-bond donors (Lipinski definition) is 2. The van der Waals surface area contributed by atoms with Crippen LogP contribution >= 0.6 is 0 Å². The van der Waals surface area contributed by atoms with Gasteiger partial charge in [-0.25, -0.2) is 0 Å². The van der Waals surface area contributed by atoms with Crippen molar-refractivity contribution in [1.82, 2.24) is 0 Å². The average Bonchev–Trinajstić information content (AvgIpc) is 2.14. The van der Waals surface area contributed by atoms with Crippen molar-refractivity contribution in [3.63, 3.8) is 0 Å². The van der Waals surface area contributed by atoms with Crippen LogP contribution in [0.5, 0.6) is 5.75 Å². The maximum absolute atomic E-state index is 12.0. The van der Waals surface area contributed by atoms with Gasteiger partial charge in [-0.2, -0.15) is 0 Å². The molecule has 94 valence electrons. The molecular weight excluding hydrogens is 237 g/mol. The molecule has 0 radical (unpaired) electrons. The zero-order chi connectivity index (χ0) is 13.1. The molecule has 7 heteroatoms. The summed E-state index contributed by atoms with van der Waals surface area (Å²) in [6.07, 6.45) is -4.90. The zero-order valence-electron chi connectivity index (χ0n) is 8.70. The van der Waals surface area contributed by atoms with E-state index in [2.05, 4.69) is 4.74 Å². The van der Waals surface area contributed by atoms with Crippen LogP contribution in [0, 0.1) is 0 Å². The molecule has 4 nitrogen and oxygen atoms in total. The average molecular weight is 248 g/mol. The number of carbonyl (C=O) groups is 1. The van der Waals surface area contributed by atoms with E-state index in [9.17, 15) is 18.0 Å². The Morgan fingerprint density at radius 1 is 1.41 bits per heavy atom. The lowest BCUT2D eigenvalue weighted by molar-refractivity contribution is -0.274. The predicted molar refractivity (Wildman–Crippen MR) is 53.9 cm³/mol. The zero-order valence-corrected chi connectivity index (χ0v) is 8.70. The Hall–Kier alpha value is -1.76. The van der Waals surface area contributed by atoms with Crippen LogP contribution in [-0.2, 0) is 4.79 Å². The monoisotopic (exact) mass is 248 g/mol. The van der Waals surface area contributed by atoms with Crippen LogP contribution in [0.2, 0.25) is 0 Å². The number of ether oxygens (including phenoxy) is 1. The third-order valence-electron chi connectivity index (χ3n) is 1.94. The summed E-state index contributed by atoms with van der Waals surface area (Å²) in [6, 6.07) is 4.38. The van der Waals surface area contributed by atoms with E-state index in [4.69, 9.17) is 11.5 Å². The van der Waals surface area contributed by atoms with Crippen LogP contribution in [0.4, 0.5) is 13.2 Å². The number of nitrogens with two attached hydrogens (primary N) is 2. The highest BCUT2D eigenvalue weighted by Gasteiger charge is 2.31. The van der Waals surface area contributed by atoms with E-state index in [1.165, 1.54) is 12.1 Å². The van der Waals surface area contributed by atoms with Gasteiger partial charge in [0.2, 0.25) is 5.91 Å². The van der Waals surface area contributed by atoms with Gasteiger partial charge in [-0.1, -0.05) is 12.1 Å². The number of rotatable bonds is 4. The Bertz CT molecular complexity index is 407. The first kappa shape index (κ1) is 13.3. The third-order valence-corrected chi connectivity index (χ3v) is 1.94. The van der Waals surface area contributed by atoms with E-state index in [-0.39, 0.29) is 12.2 Å². The Morgan fingerprint density at radius 2 is 2.06 bits per heavy atom. The fourth-order valence-corrected chi connectivity index (χ4v) is 1.28. The van der Waals surface area contributed by atoms with Gasteiger partial charge in [0.05, 0.1) is 0 Å². The van der Waals surface area contributed by atoms with Crippen molar-refractivity contribution < 1.29 is 22.7 Å². The Balaban J connectivity index is 2.82. The first-order valence-electron chi connectivity index (χ1n) is 4.67. The van der Waals surface area contributed by atoms with Crippen molar-refractivity contribution in [2.24, 2.45) is 11.5 Å². The highest BCUT2D eigenvalue weighted by Crippen LogP contribution is 2.25. The third kappa shape index (κ3) is 4.73. The summed E-state index contributed by atoms with van der Waals surface area (Å²) >= 11 is 0. The maximum Gasteiger partial charge on any atom is 0.573 e. The van der Waals surface area contributed by atoms with Crippen LogP contribution in [0.3, 0.4) is 0 Å². The van der Waals surface area contributed by atoms with Crippen LogP contribution < -0.4 is 16.2 Å². The fraction of sp³-hybridized carbons (Fsp3) is 0.300. The molecule has 1 rings (SSSR count). The summed E-state index contributed by atoms with van der Waals surface area (Å²) in [5, 5.41) is 0. The quantitative estimate of drug-likeness (QED) is 0.846. The van der Waals surface area contributed by atoms with Gasteiger partial charge >= 0.3 is 6.36 Å². The number of hydrogen-bond acceptors (Lipinski definition) is 3. The molecule has 0 spiro atoms. The second kappa shape index (κ2) is 5.05. The smallest absolute Gasteiger partial charge is 0.406 e. The van der Waals surface area contributed by atoms with Gasteiger partial charge in [-0.15, -0.1) is 13.2 Å². The van der Waals surface area contributed by atoms with Crippen molar-refractivity contribution in [2.45, 2.75) is 18.8 Å². The number of benzene rings is 1. The van der Waals surface area contributed by atoms with E-state index in [0.717, 1.165) is 12.1 Å². The van der Waals surface area contributed by atoms with Crippen molar-refractivity contribution in [3.8, 4) is 5.75 Å².